The number of hydrogen-bond acceptors (Lipinski definition) is 4. The summed E-state index contributed by atoms with van der Waals surface area (Å²) in [6.45, 7) is 6.69. The van der Waals surface area contributed by atoms with Gasteiger partial charge in [-0.15, -0.1) is 0 Å². The summed E-state index contributed by atoms with van der Waals surface area (Å²) in [4.78, 5) is 0. The maximum atomic E-state index is 6.60. The van der Waals surface area contributed by atoms with Gasteiger partial charge in [-0.3, -0.25) is 0 Å². The molecule has 2 aliphatic heterocycles. The third kappa shape index (κ3) is 4.19. The lowest BCUT2D eigenvalue weighted by atomic mass is 9.86. The van der Waals surface area contributed by atoms with Crippen LogP contribution in [0.3, 0.4) is 0 Å². The normalized spacial score (nSPS) is 19.5. The van der Waals surface area contributed by atoms with Crippen LogP contribution in [0.25, 0.3) is 0 Å². The van der Waals surface area contributed by atoms with Crippen LogP contribution in [0.1, 0.15) is 61.7 Å². The topological polar surface area (TPSA) is 34.1 Å². The van der Waals surface area contributed by atoms with Crippen LogP contribution < -0.4 is 9.47 Å². The van der Waals surface area contributed by atoms with Crippen molar-refractivity contribution in [1.82, 2.24) is 5.01 Å². The highest BCUT2D eigenvalue weighted by Crippen LogP contribution is 2.51. The average molecular weight is 570 g/mol. The van der Waals surface area contributed by atoms with Gasteiger partial charge in [-0.2, -0.15) is 5.10 Å². The fourth-order valence-corrected chi connectivity index (χ4v) is 5.79. The number of hydrogen-bond donors (Lipinski definition) is 0. The highest BCUT2D eigenvalue weighted by Gasteiger charge is 2.42. The lowest BCUT2D eigenvalue weighted by Crippen LogP contribution is -2.34. The van der Waals surface area contributed by atoms with Crippen LogP contribution in [0.4, 0.5) is 0 Å². The quantitative estimate of drug-likeness (QED) is 0.323. The first kappa shape index (κ1) is 22.5. The molecule has 6 heteroatoms. The maximum Gasteiger partial charge on any atom is 0.213 e. The first-order valence-corrected chi connectivity index (χ1v) is 12.6. The molecule has 2 unspecified atom stereocenters. The van der Waals surface area contributed by atoms with Crippen molar-refractivity contribution in [2.75, 3.05) is 7.11 Å². The SMILES string of the molecule is COc1ccc(C2=NN3C(C2)c2cc(Br)cc(Br)c2OC3c2ccc(C(C)(C)C)cc2)cc1. The Morgan fingerprint density at radius 2 is 1.70 bits per heavy atom. The van der Waals surface area contributed by atoms with Crippen LogP contribution in [0.15, 0.2) is 74.7 Å². The zero-order valence-corrected chi connectivity index (χ0v) is 22.3. The van der Waals surface area contributed by atoms with Crippen molar-refractivity contribution >= 4 is 37.6 Å². The van der Waals surface area contributed by atoms with Crippen molar-refractivity contribution in [2.45, 2.75) is 44.9 Å². The predicted molar refractivity (Wildman–Crippen MR) is 139 cm³/mol. The Labute approximate surface area is 211 Å². The van der Waals surface area contributed by atoms with Crippen molar-refractivity contribution in [1.29, 1.82) is 0 Å². The fraction of sp³-hybridized carbons (Fsp3) is 0.296. The van der Waals surface area contributed by atoms with E-state index < -0.39 is 0 Å². The van der Waals surface area contributed by atoms with E-state index in [1.807, 2.05) is 18.2 Å². The zero-order chi connectivity index (χ0) is 23.3. The standard InChI is InChI=1S/C27H26Br2N2O2/c1-27(2,3)18-9-5-17(6-10-18)26-31-24(21-13-19(28)14-22(29)25(21)33-26)15-23(30-31)16-7-11-20(32-4)12-8-16/h5-14,24,26H,15H2,1-4H3. The van der Waals surface area contributed by atoms with E-state index in [2.05, 4.69) is 100 Å². The molecule has 5 rings (SSSR count). The van der Waals surface area contributed by atoms with Crippen molar-refractivity contribution in [2.24, 2.45) is 5.10 Å². The Bertz CT molecular complexity index is 1210. The highest BCUT2D eigenvalue weighted by atomic mass is 79.9. The molecule has 0 fully saturated rings. The number of nitrogens with zero attached hydrogens (tertiary/aromatic N) is 2. The van der Waals surface area contributed by atoms with E-state index in [1.165, 1.54) is 5.56 Å². The van der Waals surface area contributed by atoms with Gasteiger partial charge < -0.3 is 9.47 Å². The molecule has 3 aromatic carbocycles. The number of hydrazone groups is 1. The Balaban J connectivity index is 1.57. The van der Waals surface area contributed by atoms with Crippen molar-refractivity contribution in [3.05, 3.63) is 91.9 Å². The summed E-state index contributed by atoms with van der Waals surface area (Å²) in [5.74, 6) is 1.73. The van der Waals surface area contributed by atoms with Gasteiger partial charge in [0.1, 0.15) is 11.5 Å². The minimum atomic E-state index is -0.301. The molecule has 0 amide bonds. The van der Waals surface area contributed by atoms with Crippen LogP contribution in [0.2, 0.25) is 0 Å². The number of methoxy groups -OCH3 is 1. The number of rotatable bonds is 3. The zero-order valence-electron chi connectivity index (χ0n) is 19.1. The Morgan fingerprint density at radius 1 is 1.00 bits per heavy atom. The molecule has 33 heavy (non-hydrogen) atoms. The summed E-state index contributed by atoms with van der Waals surface area (Å²) in [5, 5.41) is 7.19. The Kier molecular flexibility index (Phi) is 5.78. The second-order valence-corrected chi connectivity index (χ2v) is 11.3. The van der Waals surface area contributed by atoms with Gasteiger partial charge in [0.15, 0.2) is 0 Å². The molecule has 3 aromatic rings. The molecular weight excluding hydrogens is 544 g/mol. The summed E-state index contributed by atoms with van der Waals surface area (Å²) in [6, 6.07) is 21.1. The Morgan fingerprint density at radius 3 is 2.33 bits per heavy atom. The molecular formula is C27H26Br2N2O2. The summed E-state index contributed by atoms with van der Waals surface area (Å²) in [7, 11) is 1.68. The van der Waals surface area contributed by atoms with Crippen LogP contribution in [0, 0.1) is 0 Å². The second kappa shape index (κ2) is 8.48. The Hall–Kier alpha value is -2.31. The van der Waals surface area contributed by atoms with Gasteiger partial charge >= 0.3 is 0 Å². The summed E-state index contributed by atoms with van der Waals surface area (Å²) < 4.78 is 13.9. The number of halogens is 2. The molecule has 2 heterocycles. The van der Waals surface area contributed by atoms with E-state index in [0.717, 1.165) is 49.3 Å². The monoisotopic (exact) mass is 568 g/mol. The minimum absolute atomic E-state index is 0.0898. The number of benzene rings is 3. The lowest BCUT2D eigenvalue weighted by molar-refractivity contribution is -0.0197. The predicted octanol–water partition coefficient (Wildman–Crippen LogP) is 7.76. The molecule has 0 radical (unpaired) electrons. The highest BCUT2D eigenvalue weighted by molar-refractivity contribution is 9.11. The van der Waals surface area contributed by atoms with Crippen molar-refractivity contribution in [3.63, 3.8) is 0 Å². The molecule has 0 spiro atoms. The molecule has 2 aliphatic rings. The molecule has 0 bridgehead atoms. The van der Waals surface area contributed by atoms with Crippen LogP contribution in [-0.2, 0) is 5.41 Å². The van der Waals surface area contributed by atoms with Gasteiger partial charge in [0.05, 0.1) is 23.3 Å². The molecule has 0 saturated heterocycles. The van der Waals surface area contributed by atoms with Crippen LogP contribution in [0.5, 0.6) is 11.5 Å². The van der Waals surface area contributed by atoms with Crippen LogP contribution in [-0.4, -0.2) is 17.8 Å². The summed E-state index contributed by atoms with van der Waals surface area (Å²) >= 11 is 7.36. The largest absolute Gasteiger partial charge is 0.497 e. The number of ether oxygens (including phenoxy) is 2. The van der Waals surface area contributed by atoms with Gasteiger partial charge in [-0.25, -0.2) is 5.01 Å². The van der Waals surface area contributed by atoms with Crippen LogP contribution >= 0.6 is 31.9 Å². The van der Waals surface area contributed by atoms with Gasteiger partial charge in [-0.1, -0.05) is 61.0 Å². The van der Waals surface area contributed by atoms with E-state index in [-0.39, 0.29) is 17.7 Å². The smallest absolute Gasteiger partial charge is 0.213 e. The average Bonchev–Trinajstić information content (AvgIpc) is 3.24. The van der Waals surface area contributed by atoms with E-state index in [4.69, 9.17) is 14.6 Å². The van der Waals surface area contributed by atoms with E-state index in [1.54, 1.807) is 7.11 Å². The summed E-state index contributed by atoms with van der Waals surface area (Å²) in [6.07, 6.45) is 0.507. The molecule has 0 saturated carbocycles. The fourth-order valence-electron chi connectivity index (χ4n) is 4.44. The second-order valence-electron chi connectivity index (χ2n) is 9.52. The van der Waals surface area contributed by atoms with Gasteiger partial charge in [0, 0.05) is 22.0 Å². The molecule has 2 atom stereocenters. The van der Waals surface area contributed by atoms with Crippen molar-refractivity contribution in [3.8, 4) is 11.5 Å². The molecule has 0 N–H and O–H groups in total. The molecule has 0 aromatic heterocycles. The van der Waals surface area contributed by atoms with Crippen molar-refractivity contribution < 1.29 is 9.47 Å². The third-order valence-corrected chi connectivity index (χ3v) is 7.34. The van der Waals surface area contributed by atoms with E-state index in [0.29, 0.717) is 0 Å². The molecule has 4 nitrogen and oxygen atoms in total. The van der Waals surface area contributed by atoms with Gasteiger partial charge in [0.2, 0.25) is 6.23 Å². The minimum Gasteiger partial charge on any atom is -0.497 e. The first-order valence-electron chi connectivity index (χ1n) is 11.0. The van der Waals surface area contributed by atoms with Gasteiger partial charge in [0.25, 0.3) is 0 Å². The van der Waals surface area contributed by atoms with E-state index in [9.17, 15) is 0 Å². The first-order chi connectivity index (χ1) is 15.7. The van der Waals surface area contributed by atoms with E-state index >= 15 is 0 Å². The maximum absolute atomic E-state index is 6.60. The lowest BCUT2D eigenvalue weighted by Gasteiger charge is -2.39. The summed E-state index contributed by atoms with van der Waals surface area (Å²) in [5.41, 5.74) is 5.77. The number of fused-ring (bicyclic) bond motifs is 3. The molecule has 0 aliphatic carbocycles. The molecule has 170 valence electrons. The third-order valence-electron chi connectivity index (χ3n) is 6.29. The van der Waals surface area contributed by atoms with Gasteiger partial charge in [-0.05, 0) is 68.9 Å².